The number of benzene rings is 1. The van der Waals surface area contributed by atoms with E-state index < -0.39 is 17.2 Å². The molecule has 1 aromatic carbocycles. The Bertz CT molecular complexity index is 561. The number of nitrogens with zero attached hydrogens (tertiary/aromatic N) is 1. The highest BCUT2D eigenvalue weighted by Gasteiger charge is 2.45. The number of hydrogen-bond acceptors (Lipinski definition) is 3. The van der Waals surface area contributed by atoms with E-state index in [4.69, 9.17) is 4.74 Å². The van der Waals surface area contributed by atoms with E-state index in [1.165, 1.54) is 6.08 Å². The van der Waals surface area contributed by atoms with Crippen molar-refractivity contribution in [3.05, 3.63) is 28.8 Å². The Kier molecular flexibility index (Phi) is 2.45. The Labute approximate surface area is 102 Å². The zero-order valence-corrected chi connectivity index (χ0v) is 9.63. The van der Waals surface area contributed by atoms with E-state index in [1.807, 2.05) is 0 Å². The van der Waals surface area contributed by atoms with Gasteiger partial charge >= 0.3 is 0 Å². The van der Waals surface area contributed by atoms with Crippen LogP contribution in [-0.2, 0) is 16.8 Å². The topological polar surface area (TPSA) is 38.7 Å². The maximum atomic E-state index is 14.0. The van der Waals surface area contributed by atoms with Crippen molar-refractivity contribution in [1.82, 2.24) is 0 Å². The lowest BCUT2D eigenvalue weighted by Crippen LogP contribution is -2.33. The fourth-order valence-corrected chi connectivity index (χ4v) is 2.74. The van der Waals surface area contributed by atoms with Crippen LogP contribution in [0.5, 0.6) is 5.75 Å². The second kappa shape index (κ2) is 3.89. The molecule has 94 valence electrons. The third-order valence-corrected chi connectivity index (χ3v) is 3.79. The van der Waals surface area contributed by atoms with Crippen molar-refractivity contribution in [1.29, 1.82) is 0 Å². The van der Waals surface area contributed by atoms with Crippen LogP contribution in [0.3, 0.4) is 0 Å². The molecule has 0 N–H and O–H groups in total. The molecule has 0 spiro atoms. The average molecular weight is 251 g/mol. The van der Waals surface area contributed by atoms with Gasteiger partial charge in [0.25, 0.3) is 0 Å². The van der Waals surface area contributed by atoms with Crippen LogP contribution in [0.25, 0.3) is 0 Å². The zero-order chi connectivity index (χ0) is 12.8. The molecule has 3 rings (SSSR count). The quantitative estimate of drug-likeness (QED) is 0.598. The first-order chi connectivity index (χ1) is 8.68. The van der Waals surface area contributed by atoms with Crippen LogP contribution in [0.15, 0.2) is 11.1 Å². The lowest BCUT2D eigenvalue weighted by molar-refractivity contribution is 0.234. The standard InChI is InChI=1S/C13H11F2NO2/c14-9-6-10(15)11(12-8(9)2-5-18-12)13(16-7-17)3-1-4-13/h6H,1-5H2. The molecule has 0 radical (unpaired) electrons. The van der Waals surface area contributed by atoms with E-state index >= 15 is 0 Å². The smallest absolute Gasteiger partial charge is 0.235 e. The largest absolute Gasteiger partial charge is 0.492 e. The number of carbonyl (C=O) groups excluding carboxylic acids is 1. The Morgan fingerprint density at radius 1 is 1.33 bits per heavy atom. The molecule has 5 heteroatoms. The van der Waals surface area contributed by atoms with Gasteiger partial charge in [-0.05, 0) is 19.3 Å². The minimum Gasteiger partial charge on any atom is -0.492 e. The first kappa shape index (κ1) is 11.4. The molecule has 0 atom stereocenters. The second-order valence-electron chi connectivity index (χ2n) is 4.71. The number of rotatable bonds is 2. The van der Waals surface area contributed by atoms with E-state index in [9.17, 15) is 13.6 Å². The van der Waals surface area contributed by atoms with Gasteiger partial charge in [0, 0.05) is 18.1 Å². The summed E-state index contributed by atoms with van der Waals surface area (Å²) in [6.45, 7) is 0.337. The summed E-state index contributed by atoms with van der Waals surface area (Å²) in [4.78, 5) is 14.3. The van der Waals surface area contributed by atoms with Crippen LogP contribution < -0.4 is 4.74 Å². The number of isocyanates is 1. The molecule has 1 heterocycles. The van der Waals surface area contributed by atoms with Gasteiger partial charge in [0.2, 0.25) is 6.08 Å². The van der Waals surface area contributed by atoms with Gasteiger partial charge in [-0.15, -0.1) is 0 Å². The van der Waals surface area contributed by atoms with E-state index in [-0.39, 0.29) is 11.3 Å². The third kappa shape index (κ3) is 1.40. The molecule has 3 nitrogen and oxygen atoms in total. The van der Waals surface area contributed by atoms with Crippen molar-refractivity contribution < 1.29 is 18.3 Å². The summed E-state index contributed by atoms with van der Waals surface area (Å²) in [6.07, 6.45) is 3.92. The monoisotopic (exact) mass is 251 g/mol. The predicted octanol–water partition coefficient (Wildman–Crippen LogP) is 2.61. The molecule has 0 bridgehead atoms. The number of hydrogen-bond donors (Lipinski definition) is 0. The van der Waals surface area contributed by atoms with Crippen molar-refractivity contribution in [2.45, 2.75) is 31.2 Å². The van der Waals surface area contributed by atoms with Gasteiger partial charge in [0.15, 0.2) is 0 Å². The van der Waals surface area contributed by atoms with Crippen LogP contribution in [0, 0.1) is 11.6 Å². The van der Waals surface area contributed by atoms with Crippen molar-refractivity contribution in [2.24, 2.45) is 4.99 Å². The van der Waals surface area contributed by atoms with Crippen molar-refractivity contribution >= 4 is 6.08 Å². The third-order valence-electron chi connectivity index (χ3n) is 3.79. The first-order valence-corrected chi connectivity index (χ1v) is 5.91. The van der Waals surface area contributed by atoms with Crippen LogP contribution >= 0.6 is 0 Å². The van der Waals surface area contributed by atoms with Gasteiger partial charge in [0.05, 0.1) is 12.2 Å². The molecule has 1 fully saturated rings. The summed E-state index contributed by atoms with van der Waals surface area (Å²) in [5, 5.41) is 0. The fraction of sp³-hybridized carbons (Fsp3) is 0.462. The maximum absolute atomic E-state index is 14.0. The first-order valence-electron chi connectivity index (χ1n) is 5.91. The fourth-order valence-electron chi connectivity index (χ4n) is 2.74. The Morgan fingerprint density at radius 2 is 2.11 bits per heavy atom. The molecule has 18 heavy (non-hydrogen) atoms. The van der Waals surface area contributed by atoms with Gasteiger partial charge in [0.1, 0.15) is 22.9 Å². The molecule has 1 aliphatic heterocycles. The van der Waals surface area contributed by atoms with Crippen LogP contribution in [0.4, 0.5) is 8.78 Å². The van der Waals surface area contributed by atoms with Crippen LogP contribution in [0.1, 0.15) is 30.4 Å². The Hall–Kier alpha value is -1.74. The van der Waals surface area contributed by atoms with Crippen LogP contribution in [-0.4, -0.2) is 12.7 Å². The van der Waals surface area contributed by atoms with Crippen molar-refractivity contribution in [3.8, 4) is 5.75 Å². The van der Waals surface area contributed by atoms with Gasteiger partial charge in [-0.1, -0.05) is 0 Å². The summed E-state index contributed by atoms with van der Waals surface area (Å²) < 4.78 is 33.0. The Morgan fingerprint density at radius 3 is 2.72 bits per heavy atom. The normalized spacial score (nSPS) is 19.4. The zero-order valence-electron chi connectivity index (χ0n) is 9.63. The molecular weight excluding hydrogens is 240 g/mol. The van der Waals surface area contributed by atoms with Crippen molar-refractivity contribution in [3.63, 3.8) is 0 Å². The summed E-state index contributed by atoms with van der Waals surface area (Å²) in [5.41, 5.74) is -0.279. The maximum Gasteiger partial charge on any atom is 0.235 e. The minimum atomic E-state index is -0.895. The van der Waals surface area contributed by atoms with E-state index in [1.54, 1.807) is 0 Å². The van der Waals surface area contributed by atoms with E-state index in [0.29, 0.717) is 31.4 Å². The van der Waals surface area contributed by atoms with Gasteiger partial charge in [-0.2, -0.15) is 4.99 Å². The number of fused-ring (bicyclic) bond motifs is 1. The molecule has 0 saturated heterocycles. The van der Waals surface area contributed by atoms with Crippen LogP contribution in [0.2, 0.25) is 0 Å². The average Bonchev–Trinajstić information content (AvgIpc) is 2.74. The van der Waals surface area contributed by atoms with Gasteiger partial charge in [-0.25, -0.2) is 13.6 Å². The molecule has 1 saturated carbocycles. The van der Waals surface area contributed by atoms with Crippen molar-refractivity contribution in [2.75, 3.05) is 6.61 Å². The summed E-state index contributed by atoms with van der Waals surface area (Å²) in [5.74, 6) is -1.04. The molecular formula is C13H11F2NO2. The molecule has 0 aromatic heterocycles. The highest BCUT2D eigenvalue weighted by atomic mass is 19.1. The Balaban J connectivity index is 2.23. The summed E-state index contributed by atoms with van der Waals surface area (Å²) in [7, 11) is 0. The number of halogens is 2. The number of aliphatic imine (C=N–C) groups is 1. The minimum absolute atomic E-state index is 0.228. The molecule has 0 amide bonds. The van der Waals surface area contributed by atoms with E-state index in [0.717, 1.165) is 12.5 Å². The molecule has 0 unspecified atom stereocenters. The van der Waals surface area contributed by atoms with Gasteiger partial charge < -0.3 is 4.74 Å². The SMILES string of the molecule is O=C=NC1(c2c(F)cc(F)c3c2OCC3)CCC1. The molecule has 1 aliphatic carbocycles. The molecule has 2 aliphatic rings. The van der Waals surface area contributed by atoms with E-state index in [2.05, 4.69) is 4.99 Å². The number of ether oxygens (including phenoxy) is 1. The lowest BCUT2D eigenvalue weighted by atomic mass is 9.71. The summed E-state index contributed by atoms with van der Waals surface area (Å²) in [6, 6.07) is 0.864. The second-order valence-corrected chi connectivity index (χ2v) is 4.71. The highest BCUT2D eigenvalue weighted by Crippen LogP contribution is 2.51. The summed E-state index contributed by atoms with van der Waals surface area (Å²) >= 11 is 0. The van der Waals surface area contributed by atoms with Gasteiger partial charge in [-0.3, -0.25) is 0 Å². The predicted molar refractivity (Wildman–Crippen MR) is 59.2 cm³/mol. The molecule has 1 aromatic rings. The lowest BCUT2D eigenvalue weighted by Gasteiger charge is -2.38. The highest BCUT2D eigenvalue weighted by molar-refractivity contribution is 5.52.